The quantitative estimate of drug-likeness (QED) is 0.502. The fourth-order valence-electron chi connectivity index (χ4n) is 2.12. The zero-order valence-electron chi connectivity index (χ0n) is 11.3. The number of hydrogen-bond acceptors (Lipinski definition) is 0. The molecule has 2 aromatic rings. The van der Waals surface area contributed by atoms with Crippen molar-refractivity contribution in [3.8, 4) is 0 Å². The number of alkyl halides is 1. The van der Waals surface area contributed by atoms with Crippen LogP contribution in [0, 0.1) is 13.8 Å². The monoisotopic (exact) mass is 325 g/mol. The van der Waals surface area contributed by atoms with E-state index in [1.165, 1.54) is 33.8 Å². The smallest absolute Gasteiger partial charge is 0.0108 e. The Balaban J connectivity index is 0.000000811. The Kier molecular flexibility index (Phi) is 7.44. The minimum atomic E-state index is 0. The second kappa shape index (κ2) is 7.44. The molecule has 0 aliphatic heterocycles. The SMILES string of the molecule is CCl.Cc1cc2c(C(C)C)ccc(C)c2[cH-]1.[Zr]. The van der Waals surface area contributed by atoms with Gasteiger partial charge in [0.25, 0.3) is 0 Å². The first-order valence-corrected chi connectivity index (χ1v) is 6.39. The van der Waals surface area contributed by atoms with Crippen LogP contribution >= 0.6 is 11.6 Å². The Hall–Kier alpha value is 0.00312. The van der Waals surface area contributed by atoms with E-state index in [0.717, 1.165) is 0 Å². The summed E-state index contributed by atoms with van der Waals surface area (Å²) < 4.78 is 0. The standard InChI is InChI=1S/C14H17.CH3Cl.Zr/c1-9(2)12-6-5-11(4)13-7-10(3)8-14(12)13;1-2;/h5-9H,1-4H3;1H3;/q-1;;. The molecule has 0 saturated heterocycles. The van der Waals surface area contributed by atoms with Crippen molar-refractivity contribution >= 4 is 22.4 Å². The molecule has 0 radical (unpaired) electrons. The first-order valence-electron chi connectivity index (χ1n) is 5.64. The zero-order valence-corrected chi connectivity index (χ0v) is 14.5. The number of halogens is 1. The van der Waals surface area contributed by atoms with E-state index in [2.05, 4.69) is 63.6 Å². The first kappa shape index (κ1) is 17.0. The van der Waals surface area contributed by atoms with Crippen molar-refractivity contribution < 1.29 is 26.2 Å². The molecule has 0 aliphatic carbocycles. The third-order valence-corrected chi connectivity index (χ3v) is 2.90. The summed E-state index contributed by atoms with van der Waals surface area (Å²) in [6.45, 7) is 8.87. The Labute approximate surface area is 129 Å². The van der Waals surface area contributed by atoms with Crippen LogP contribution in [0.2, 0.25) is 0 Å². The van der Waals surface area contributed by atoms with Gasteiger partial charge in [0.2, 0.25) is 0 Å². The van der Waals surface area contributed by atoms with E-state index in [9.17, 15) is 0 Å². The molecule has 0 atom stereocenters. The number of aryl methyl sites for hydroxylation is 2. The van der Waals surface area contributed by atoms with E-state index in [0.29, 0.717) is 5.92 Å². The van der Waals surface area contributed by atoms with Gasteiger partial charge in [-0.2, -0.15) is 6.07 Å². The summed E-state index contributed by atoms with van der Waals surface area (Å²) in [7, 11) is 0. The molecule has 17 heavy (non-hydrogen) atoms. The van der Waals surface area contributed by atoms with Gasteiger partial charge in [-0.15, -0.1) is 45.6 Å². The Morgan fingerprint density at radius 1 is 1.12 bits per heavy atom. The van der Waals surface area contributed by atoms with Crippen molar-refractivity contribution in [1.82, 2.24) is 0 Å². The minimum Gasteiger partial charge on any atom is -0.165 e. The minimum absolute atomic E-state index is 0. The van der Waals surface area contributed by atoms with Gasteiger partial charge in [-0.25, -0.2) is 0 Å². The van der Waals surface area contributed by atoms with Crippen LogP contribution in [0.4, 0.5) is 0 Å². The van der Waals surface area contributed by atoms with Gasteiger partial charge >= 0.3 is 0 Å². The molecule has 0 aliphatic rings. The molecular formula is C15H20ClZr-. The van der Waals surface area contributed by atoms with Gasteiger partial charge in [-0.05, 0) is 5.92 Å². The summed E-state index contributed by atoms with van der Waals surface area (Å²) in [6, 6.07) is 9.09. The number of rotatable bonds is 1. The molecule has 0 heterocycles. The van der Waals surface area contributed by atoms with E-state index in [1.54, 1.807) is 0 Å². The molecule has 0 nitrogen and oxygen atoms in total. The van der Waals surface area contributed by atoms with E-state index >= 15 is 0 Å². The van der Waals surface area contributed by atoms with Gasteiger partial charge < -0.3 is 0 Å². The van der Waals surface area contributed by atoms with Gasteiger partial charge in [-0.3, -0.25) is 0 Å². The number of benzene rings is 1. The zero-order chi connectivity index (χ0) is 12.3. The molecule has 0 saturated carbocycles. The van der Waals surface area contributed by atoms with Gasteiger partial charge in [0.1, 0.15) is 0 Å². The second-order valence-electron chi connectivity index (χ2n) is 4.49. The molecule has 0 unspecified atom stereocenters. The van der Waals surface area contributed by atoms with Crippen LogP contribution < -0.4 is 0 Å². The predicted octanol–water partition coefficient (Wildman–Crippen LogP) is 5.15. The van der Waals surface area contributed by atoms with Crippen LogP contribution in [0.15, 0.2) is 24.3 Å². The summed E-state index contributed by atoms with van der Waals surface area (Å²) in [4.78, 5) is 0. The van der Waals surface area contributed by atoms with Gasteiger partial charge in [0, 0.05) is 32.6 Å². The molecule has 2 rings (SSSR count). The van der Waals surface area contributed by atoms with Crippen LogP contribution in [0.3, 0.4) is 0 Å². The molecule has 0 N–H and O–H groups in total. The predicted molar refractivity (Wildman–Crippen MR) is 74.9 cm³/mol. The molecule has 0 fully saturated rings. The van der Waals surface area contributed by atoms with Crippen molar-refractivity contribution in [3.63, 3.8) is 0 Å². The summed E-state index contributed by atoms with van der Waals surface area (Å²) in [5.41, 5.74) is 4.23. The second-order valence-corrected chi connectivity index (χ2v) is 4.49. The van der Waals surface area contributed by atoms with Crippen molar-refractivity contribution in [2.75, 3.05) is 6.38 Å². The van der Waals surface area contributed by atoms with E-state index in [1.807, 2.05) is 0 Å². The summed E-state index contributed by atoms with van der Waals surface area (Å²) in [6.07, 6.45) is 1.47. The topological polar surface area (TPSA) is 0 Å². The van der Waals surface area contributed by atoms with Crippen LogP contribution in [0.25, 0.3) is 10.8 Å². The number of fused-ring (bicyclic) bond motifs is 1. The van der Waals surface area contributed by atoms with E-state index in [-0.39, 0.29) is 26.2 Å². The van der Waals surface area contributed by atoms with E-state index in [4.69, 9.17) is 0 Å². The third-order valence-electron chi connectivity index (χ3n) is 2.90. The Bertz CT molecular complexity index is 469. The van der Waals surface area contributed by atoms with Crippen LogP contribution in [-0.2, 0) is 26.2 Å². The van der Waals surface area contributed by atoms with Gasteiger partial charge in [-0.1, -0.05) is 39.3 Å². The molecule has 2 heteroatoms. The first-order chi connectivity index (χ1) is 7.59. The van der Waals surface area contributed by atoms with Crippen LogP contribution in [0.5, 0.6) is 0 Å². The molecule has 2 aromatic carbocycles. The van der Waals surface area contributed by atoms with Gasteiger partial charge in [0.05, 0.1) is 0 Å². The van der Waals surface area contributed by atoms with Crippen molar-refractivity contribution in [1.29, 1.82) is 0 Å². The summed E-state index contributed by atoms with van der Waals surface area (Å²) in [5, 5.41) is 2.87. The van der Waals surface area contributed by atoms with Gasteiger partial charge in [0.15, 0.2) is 0 Å². The maximum absolute atomic E-state index is 4.64. The number of hydrogen-bond donors (Lipinski definition) is 0. The average molecular weight is 327 g/mol. The normalized spacial score (nSPS) is 9.82. The van der Waals surface area contributed by atoms with Crippen molar-refractivity contribution in [3.05, 3.63) is 41.0 Å². The largest absolute Gasteiger partial charge is 0.165 e. The third kappa shape index (κ3) is 3.73. The fourth-order valence-corrected chi connectivity index (χ4v) is 2.12. The summed E-state index contributed by atoms with van der Waals surface area (Å²) >= 11 is 4.64. The van der Waals surface area contributed by atoms with Crippen LogP contribution in [-0.4, -0.2) is 6.38 Å². The van der Waals surface area contributed by atoms with Crippen LogP contribution in [0.1, 0.15) is 36.5 Å². The Morgan fingerprint density at radius 2 is 1.71 bits per heavy atom. The maximum atomic E-state index is 4.64. The summed E-state index contributed by atoms with van der Waals surface area (Å²) in [5.74, 6) is 0.611. The van der Waals surface area contributed by atoms with E-state index < -0.39 is 0 Å². The Morgan fingerprint density at radius 3 is 2.24 bits per heavy atom. The molecule has 92 valence electrons. The molecule has 0 bridgehead atoms. The maximum Gasteiger partial charge on any atom is 0.0108 e. The van der Waals surface area contributed by atoms with Crippen molar-refractivity contribution in [2.45, 2.75) is 33.6 Å². The molecule has 0 spiro atoms. The molecule has 0 amide bonds. The average Bonchev–Trinajstić information content (AvgIpc) is 2.63. The molecule has 0 aromatic heterocycles. The molecular weight excluding hydrogens is 307 g/mol. The van der Waals surface area contributed by atoms with Crippen molar-refractivity contribution in [2.24, 2.45) is 0 Å². The fraction of sp³-hybridized carbons (Fsp3) is 0.400.